The van der Waals surface area contributed by atoms with Crippen LogP contribution in [0.2, 0.25) is 0 Å². The minimum absolute atomic E-state index is 0.0487. The predicted molar refractivity (Wildman–Crippen MR) is 87.0 cm³/mol. The van der Waals surface area contributed by atoms with Gasteiger partial charge in [-0.15, -0.1) is 0 Å². The van der Waals surface area contributed by atoms with Crippen LogP contribution in [0.4, 0.5) is 0 Å². The number of carbonyl (C=O) groups is 1. The predicted octanol–water partition coefficient (Wildman–Crippen LogP) is 3.18. The number of aliphatic imine (C=N–C) groups is 1. The summed E-state index contributed by atoms with van der Waals surface area (Å²) in [4.78, 5) is 16.8. The second-order valence-corrected chi connectivity index (χ2v) is 6.23. The first-order valence-corrected chi connectivity index (χ1v) is 7.71. The summed E-state index contributed by atoms with van der Waals surface area (Å²) in [6.07, 6.45) is 9.21. The normalized spacial score (nSPS) is 22.8. The van der Waals surface area contributed by atoms with Gasteiger partial charge in [0.25, 0.3) is 0 Å². The van der Waals surface area contributed by atoms with Crippen LogP contribution in [0.1, 0.15) is 33.6 Å². The van der Waals surface area contributed by atoms with Crippen molar-refractivity contribution in [2.75, 3.05) is 6.54 Å². The number of carbonyl (C=O) groups excluding carboxylic acids is 1. The lowest BCUT2D eigenvalue weighted by molar-refractivity contribution is -0.120. The first-order chi connectivity index (χ1) is 9.99. The quantitative estimate of drug-likeness (QED) is 0.811. The third-order valence-electron chi connectivity index (χ3n) is 3.59. The Morgan fingerprint density at radius 1 is 1.48 bits per heavy atom. The monoisotopic (exact) mass is 307 g/mol. The lowest BCUT2D eigenvalue weighted by atomic mass is 9.99. The summed E-state index contributed by atoms with van der Waals surface area (Å²) in [5, 5.41) is 2.77. The van der Waals surface area contributed by atoms with Gasteiger partial charge in [0.1, 0.15) is 12.0 Å². The SMILES string of the molecule is CC(C)C(=O)/C(=C/C1=CC=C(Cl)CC1)N1NC=NCC1C. The summed E-state index contributed by atoms with van der Waals surface area (Å²) in [6, 6.07) is 0.146. The zero-order chi connectivity index (χ0) is 15.4. The van der Waals surface area contributed by atoms with Gasteiger partial charge < -0.3 is 0 Å². The first-order valence-electron chi connectivity index (χ1n) is 7.34. The Labute approximate surface area is 131 Å². The Balaban J connectivity index is 2.32. The lowest BCUT2D eigenvalue weighted by Gasteiger charge is -2.34. The third kappa shape index (κ3) is 3.97. The fraction of sp³-hybridized carbons (Fsp3) is 0.500. The molecule has 0 bridgehead atoms. The highest BCUT2D eigenvalue weighted by Crippen LogP contribution is 2.24. The number of allylic oxidation sites excluding steroid dienone is 6. The molecule has 1 N–H and O–H groups in total. The molecular weight excluding hydrogens is 286 g/mol. The molecule has 5 heteroatoms. The van der Waals surface area contributed by atoms with E-state index in [1.54, 1.807) is 6.34 Å². The number of hydrazine groups is 1. The number of nitrogens with zero attached hydrogens (tertiary/aromatic N) is 2. The average Bonchev–Trinajstić information content (AvgIpc) is 2.47. The van der Waals surface area contributed by atoms with Crippen LogP contribution in [-0.4, -0.2) is 29.7 Å². The van der Waals surface area contributed by atoms with Crippen LogP contribution < -0.4 is 5.43 Å². The molecule has 0 aromatic rings. The van der Waals surface area contributed by atoms with Crippen molar-refractivity contribution < 1.29 is 4.79 Å². The molecule has 0 saturated carbocycles. The van der Waals surface area contributed by atoms with Crippen molar-refractivity contribution in [3.05, 3.63) is 34.5 Å². The molecule has 21 heavy (non-hydrogen) atoms. The molecule has 1 aliphatic heterocycles. The highest BCUT2D eigenvalue weighted by molar-refractivity contribution is 6.29. The number of halogens is 1. The number of Topliss-reactive ketones (excluding diaryl/α,β-unsaturated/α-hetero) is 1. The Hall–Kier alpha value is -1.55. The van der Waals surface area contributed by atoms with Gasteiger partial charge in [0.15, 0.2) is 5.78 Å². The van der Waals surface area contributed by atoms with E-state index >= 15 is 0 Å². The fourth-order valence-corrected chi connectivity index (χ4v) is 2.46. The minimum Gasteiger partial charge on any atom is -0.292 e. The third-order valence-corrected chi connectivity index (χ3v) is 3.90. The van der Waals surface area contributed by atoms with Crippen molar-refractivity contribution in [1.82, 2.24) is 10.4 Å². The Kier molecular flexibility index (Phi) is 5.23. The summed E-state index contributed by atoms with van der Waals surface area (Å²) in [5.74, 6) is 0.0821. The van der Waals surface area contributed by atoms with Crippen molar-refractivity contribution >= 4 is 23.7 Å². The van der Waals surface area contributed by atoms with E-state index in [0.29, 0.717) is 12.2 Å². The van der Waals surface area contributed by atoms with Crippen LogP contribution in [0, 0.1) is 5.92 Å². The number of rotatable bonds is 4. The van der Waals surface area contributed by atoms with Crippen LogP contribution in [0.15, 0.2) is 39.5 Å². The second-order valence-electron chi connectivity index (χ2n) is 5.75. The van der Waals surface area contributed by atoms with Gasteiger partial charge >= 0.3 is 0 Å². The molecule has 0 radical (unpaired) electrons. The van der Waals surface area contributed by atoms with Crippen LogP contribution in [0.25, 0.3) is 0 Å². The van der Waals surface area contributed by atoms with Gasteiger partial charge in [-0.25, -0.2) is 0 Å². The fourth-order valence-electron chi connectivity index (χ4n) is 2.30. The molecule has 0 aromatic heterocycles. The summed E-state index contributed by atoms with van der Waals surface area (Å²) in [7, 11) is 0. The van der Waals surface area contributed by atoms with Gasteiger partial charge in [-0.1, -0.05) is 31.5 Å². The molecule has 1 aliphatic carbocycles. The Morgan fingerprint density at radius 3 is 2.81 bits per heavy atom. The summed E-state index contributed by atoms with van der Waals surface area (Å²) >= 11 is 5.99. The van der Waals surface area contributed by atoms with E-state index in [9.17, 15) is 4.79 Å². The number of hydrogen-bond donors (Lipinski definition) is 1. The summed E-state index contributed by atoms with van der Waals surface area (Å²) < 4.78 is 0. The molecule has 2 rings (SSSR count). The zero-order valence-corrected chi connectivity index (χ0v) is 13.5. The van der Waals surface area contributed by atoms with E-state index in [1.165, 1.54) is 0 Å². The van der Waals surface area contributed by atoms with E-state index in [2.05, 4.69) is 17.3 Å². The standard InChI is InChI=1S/C16H22ClN3O/c1-11(2)16(21)15(20-12(3)9-18-10-19-20)8-13-4-6-14(17)7-5-13/h4,6,8,10-12H,5,7,9H2,1-3H3,(H,18,19)/b15-8-. The minimum atomic E-state index is -0.0487. The van der Waals surface area contributed by atoms with Crippen molar-refractivity contribution in [3.63, 3.8) is 0 Å². The molecule has 4 nitrogen and oxygen atoms in total. The highest BCUT2D eigenvalue weighted by Gasteiger charge is 2.25. The molecule has 0 spiro atoms. The van der Waals surface area contributed by atoms with Crippen LogP contribution in [0.3, 0.4) is 0 Å². The zero-order valence-electron chi connectivity index (χ0n) is 12.8. The maximum absolute atomic E-state index is 12.6. The van der Waals surface area contributed by atoms with E-state index in [1.807, 2.05) is 37.1 Å². The highest BCUT2D eigenvalue weighted by atomic mass is 35.5. The first kappa shape index (κ1) is 15.8. The van der Waals surface area contributed by atoms with Crippen molar-refractivity contribution in [1.29, 1.82) is 0 Å². The van der Waals surface area contributed by atoms with Crippen molar-refractivity contribution in [3.8, 4) is 0 Å². The van der Waals surface area contributed by atoms with Gasteiger partial charge in [0, 0.05) is 11.0 Å². The van der Waals surface area contributed by atoms with E-state index in [4.69, 9.17) is 11.6 Å². The lowest BCUT2D eigenvalue weighted by Crippen LogP contribution is -2.49. The molecule has 0 amide bonds. The van der Waals surface area contributed by atoms with Gasteiger partial charge in [-0.2, -0.15) is 0 Å². The second kappa shape index (κ2) is 6.94. The molecule has 2 aliphatic rings. The summed E-state index contributed by atoms with van der Waals surface area (Å²) in [6.45, 7) is 6.58. The van der Waals surface area contributed by atoms with Crippen LogP contribution >= 0.6 is 11.6 Å². The molecule has 0 fully saturated rings. The summed E-state index contributed by atoms with van der Waals surface area (Å²) in [5.41, 5.74) is 4.91. The maximum Gasteiger partial charge on any atom is 0.183 e. The maximum atomic E-state index is 12.6. The molecule has 1 heterocycles. The smallest absolute Gasteiger partial charge is 0.183 e. The number of hydrogen-bond acceptors (Lipinski definition) is 4. The van der Waals surface area contributed by atoms with Crippen molar-refractivity contribution in [2.24, 2.45) is 10.9 Å². The molecule has 0 aromatic carbocycles. The Bertz CT molecular complexity index is 532. The van der Waals surface area contributed by atoms with Gasteiger partial charge in [0.05, 0.1) is 12.6 Å². The van der Waals surface area contributed by atoms with Crippen molar-refractivity contribution in [2.45, 2.75) is 39.7 Å². The molecule has 1 unspecified atom stereocenters. The van der Waals surface area contributed by atoms with E-state index in [-0.39, 0.29) is 17.7 Å². The average molecular weight is 308 g/mol. The number of nitrogens with one attached hydrogen (secondary N) is 1. The van der Waals surface area contributed by atoms with Gasteiger partial charge in [-0.05, 0) is 37.5 Å². The molecule has 114 valence electrons. The topological polar surface area (TPSA) is 44.7 Å². The van der Waals surface area contributed by atoms with Gasteiger partial charge in [0.2, 0.25) is 0 Å². The van der Waals surface area contributed by atoms with E-state index < -0.39 is 0 Å². The molecular formula is C16H22ClN3O. The molecule has 0 saturated heterocycles. The largest absolute Gasteiger partial charge is 0.292 e. The Morgan fingerprint density at radius 2 is 2.24 bits per heavy atom. The van der Waals surface area contributed by atoms with E-state index in [0.717, 1.165) is 23.4 Å². The van der Waals surface area contributed by atoms with Crippen LogP contribution in [-0.2, 0) is 4.79 Å². The number of ketones is 1. The molecule has 1 atom stereocenters. The van der Waals surface area contributed by atoms with Gasteiger partial charge in [-0.3, -0.25) is 20.2 Å². The van der Waals surface area contributed by atoms with Crippen LogP contribution in [0.5, 0.6) is 0 Å².